The Labute approximate surface area is 162 Å². The predicted octanol–water partition coefficient (Wildman–Crippen LogP) is 5.55. The van der Waals surface area contributed by atoms with Crippen LogP contribution < -0.4 is 10.1 Å². The number of hydrogen-bond acceptors (Lipinski definition) is 3. The van der Waals surface area contributed by atoms with Crippen molar-refractivity contribution in [3.63, 3.8) is 0 Å². The van der Waals surface area contributed by atoms with E-state index in [9.17, 15) is 4.79 Å². The summed E-state index contributed by atoms with van der Waals surface area (Å²) in [6.45, 7) is 7.50. The molecule has 0 aliphatic heterocycles. The Hall–Kier alpha value is -2.07. The fourth-order valence-electron chi connectivity index (χ4n) is 4.10. The first-order valence-corrected chi connectivity index (χ1v) is 10.2. The molecule has 3 rings (SSSR count). The summed E-state index contributed by atoms with van der Waals surface area (Å²) in [5.74, 6) is 1.32. The van der Waals surface area contributed by atoms with Crippen LogP contribution in [0.1, 0.15) is 52.9 Å². The highest BCUT2D eigenvalue weighted by Crippen LogP contribution is 2.38. The predicted molar refractivity (Wildman–Crippen MR) is 110 cm³/mol. The minimum absolute atomic E-state index is 0.0168. The number of nitrogens with one attached hydrogen (secondary N) is 1. The van der Waals surface area contributed by atoms with Crippen LogP contribution in [0.25, 0.3) is 10.8 Å². The summed E-state index contributed by atoms with van der Waals surface area (Å²) in [5, 5.41) is 5.18. The van der Waals surface area contributed by atoms with E-state index in [1.165, 1.54) is 0 Å². The summed E-state index contributed by atoms with van der Waals surface area (Å²) < 4.78 is 11.9. The van der Waals surface area contributed by atoms with Crippen LogP contribution in [0.4, 0.5) is 5.69 Å². The Morgan fingerprint density at radius 2 is 1.96 bits per heavy atom. The van der Waals surface area contributed by atoms with Crippen LogP contribution in [-0.2, 0) is 9.53 Å². The van der Waals surface area contributed by atoms with Crippen LogP contribution in [0, 0.1) is 5.92 Å². The zero-order valence-electron chi connectivity index (χ0n) is 16.7. The molecule has 2 atom stereocenters. The molecular weight excluding hydrogens is 338 g/mol. The fourth-order valence-corrected chi connectivity index (χ4v) is 4.10. The molecule has 0 bridgehead atoms. The number of benzene rings is 2. The molecule has 27 heavy (non-hydrogen) atoms. The highest BCUT2D eigenvalue weighted by molar-refractivity contribution is 6.06. The maximum absolute atomic E-state index is 13.3. The second kappa shape index (κ2) is 8.75. The van der Waals surface area contributed by atoms with Gasteiger partial charge in [-0.25, -0.2) is 0 Å². The maximum Gasteiger partial charge on any atom is 0.256 e. The summed E-state index contributed by atoms with van der Waals surface area (Å²) >= 11 is 0. The average Bonchev–Trinajstić information content (AvgIpc) is 2.68. The smallest absolute Gasteiger partial charge is 0.256 e. The van der Waals surface area contributed by atoms with E-state index in [0.717, 1.165) is 54.3 Å². The number of amides is 1. The number of carbonyl (C=O) groups is 1. The van der Waals surface area contributed by atoms with Crippen molar-refractivity contribution >= 4 is 22.4 Å². The molecule has 1 N–H and O–H groups in total. The Morgan fingerprint density at radius 3 is 2.67 bits per heavy atom. The van der Waals surface area contributed by atoms with Crippen LogP contribution >= 0.6 is 0 Å². The molecule has 1 amide bonds. The second-order valence-corrected chi connectivity index (χ2v) is 7.59. The highest BCUT2D eigenvalue weighted by atomic mass is 16.5. The molecule has 1 saturated carbocycles. The third-order valence-electron chi connectivity index (χ3n) is 5.38. The molecule has 4 heteroatoms. The van der Waals surface area contributed by atoms with Gasteiger partial charge in [-0.2, -0.15) is 0 Å². The van der Waals surface area contributed by atoms with Gasteiger partial charge < -0.3 is 14.8 Å². The lowest BCUT2D eigenvalue weighted by molar-refractivity contribution is -0.148. The SMILES string of the molecule is CCCO[C@@]1(C(=O)Nc2ccc(OCC)c3ccccc23)CCC[C@H](C)C1. The Balaban J connectivity index is 1.91. The van der Waals surface area contributed by atoms with Gasteiger partial charge in [0.2, 0.25) is 0 Å². The van der Waals surface area contributed by atoms with Gasteiger partial charge in [0.05, 0.1) is 6.61 Å². The number of ether oxygens (including phenoxy) is 2. The molecule has 0 saturated heterocycles. The second-order valence-electron chi connectivity index (χ2n) is 7.59. The molecule has 1 aliphatic rings. The van der Waals surface area contributed by atoms with Crippen molar-refractivity contribution in [3.8, 4) is 5.75 Å². The lowest BCUT2D eigenvalue weighted by atomic mass is 9.78. The molecule has 1 fully saturated rings. The number of hydrogen-bond donors (Lipinski definition) is 1. The van der Waals surface area contributed by atoms with Crippen LogP contribution in [0.15, 0.2) is 36.4 Å². The topological polar surface area (TPSA) is 47.6 Å². The Morgan fingerprint density at radius 1 is 1.19 bits per heavy atom. The van der Waals surface area contributed by atoms with E-state index in [1.54, 1.807) is 0 Å². The number of anilines is 1. The van der Waals surface area contributed by atoms with E-state index in [0.29, 0.717) is 19.1 Å². The van der Waals surface area contributed by atoms with Gasteiger partial charge in [0, 0.05) is 23.1 Å². The molecular formula is C23H31NO3. The van der Waals surface area contributed by atoms with Gasteiger partial charge in [-0.1, -0.05) is 44.5 Å². The van der Waals surface area contributed by atoms with Crippen molar-refractivity contribution < 1.29 is 14.3 Å². The summed E-state index contributed by atoms with van der Waals surface area (Å²) in [5.41, 5.74) is 0.102. The zero-order valence-corrected chi connectivity index (χ0v) is 16.7. The number of fused-ring (bicyclic) bond motifs is 1. The minimum Gasteiger partial charge on any atom is -0.493 e. The highest BCUT2D eigenvalue weighted by Gasteiger charge is 2.42. The summed E-state index contributed by atoms with van der Waals surface area (Å²) in [7, 11) is 0. The van der Waals surface area contributed by atoms with Gasteiger partial charge in [0.15, 0.2) is 0 Å². The van der Waals surface area contributed by atoms with Crippen molar-refractivity contribution in [2.45, 2.75) is 58.5 Å². The van der Waals surface area contributed by atoms with E-state index in [-0.39, 0.29) is 5.91 Å². The molecule has 4 nitrogen and oxygen atoms in total. The summed E-state index contributed by atoms with van der Waals surface area (Å²) in [6.07, 6.45) is 4.68. The first kappa shape index (κ1) is 19.7. The number of carbonyl (C=O) groups excluding carboxylic acids is 1. The Bertz CT molecular complexity index is 788. The monoisotopic (exact) mass is 369 g/mol. The molecule has 0 spiro atoms. The van der Waals surface area contributed by atoms with E-state index in [2.05, 4.69) is 19.2 Å². The van der Waals surface area contributed by atoms with Crippen LogP contribution in [0.5, 0.6) is 5.75 Å². The van der Waals surface area contributed by atoms with Gasteiger partial charge in [-0.15, -0.1) is 0 Å². The van der Waals surface area contributed by atoms with Crippen molar-refractivity contribution in [1.82, 2.24) is 0 Å². The number of rotatable bonds is 7. The fraction of sp³-hybridized carbons (Fsp3) is 0.522. The van der Waals surface area contributed by atoms with E-state index < -0.39 is 5.60 Å². The summed E-state index contributed by atoms with van der Waals surface area (Å²) in [4.78, 5) is 13.3. The largest absolute Gasteiger partial charge is 0.493 e. The standard InChI is InChI=1S/C23H31NO3/c1-4-15-27-23(14-8-9-17(3)16-23)22(25)24-20-12-13-21(26-5-2)19-11-7-6-10-18(19)20/h6-7,10-13,17H,4-5,8-9,14-16H2,1-3H3,(H,24,25)/t17-,23-/m0/s1. The van der Waals surface area contributed by atoms with E-state index in [4.69, 9.17) is 9.47 Å². The van der Waals surface area contributed by atoms with Gasteiger partial charge >= 0.3 is 0 Å². The zero-order chi connectivity index (χ0) is 19.3. The van der Waals surface area contributed by atoms with Crippen LogP contribution in [0.3, 0.4) is 0 Å². The van der Waals surface area contributed by atoms with Crippen molar-refractivity contribution in [1.29, 1.82) is 0 Å². The Kier molecular flexibility index (Phi) is 6.38. The first-order chi connectivity index (χ1) is 13.1. The molecule has 2 aromatic carbocycles. The molecule has 2 aromatic rings. The van der Waals surface area contributed by atoms with E-state index >= 15 is 0 Å². The van der Waals surface area contributed by atoms with Gasteiger partial charge in [0.1, 0.15) is 11.4 Å². The average molecular weight is 370 g/mol. The third kappa shape index (κ3) is 4.27. The third-order valence-corrected chi connectivity index (χ3v) is 5.38. The molecule has 0 heterocycles. The van der Waals surface area contributed by atoms with Crippen molar-refractivity contribution in [2.75, 3.05) is 18.5 Å². The molecule has 1 aliphatic carbocycles. The lowest BCUT2D eigenvalue weighted by Gasteiger charge is -2.38. The first-order valence-electron chi connectivity index (χ1n) is 10.2. The van der Waals surface area contributed by atoms with Crippen LogP contribution in [-0.4, -0.2) is 24.7 Å². The van der Waals surface area contributed by atoms with Crippen molar-refractivity contribution in [2.24, 2.45) is 5.92 Å². The molecule has 0 unspecified atom stereocenters. The van der Waals surface area contributed by atoms with Crippen LogP contribution in [0.2, 0.25) is 0 Å². The van der Waals surface area contributed by atoms with Gasteiger partial charge in [-0.05, 0) is 50.7 Å². The van der Waals surface area contributed by atoms with Gasteiger partial charge in [0.25, 0.3) is 5.91 Å². The lowest BCUT2D eigenvalue weighted by Crippen LogP contribution is -2.48. The molecule has 146 valence electrons. The normalized spacial score (nSPS) is 22.6. The van der Waals surface area contributed by atoms with Gasteiger partial charge in [-0.3, -0.25) is 4.79 Å². The van der Waals surface area contributed by atoms with Crippen molar-refractivity contribution in [3.05, 3.63) is 36.4 Å². The maximum atomic E-state index is 13.3. The summed E-state index contributed by atoms with van der Waals surface area (Å²) in [6, 6.07) is 11.9. The molecule has 0 radical (unpaired) electrons. The van der Waals surface area contributed by atoms with E-state index in [1.807, 2.05) is 43.3 Å². The minimum atomic E-state index is -0.715. The molecule has 0 aromatic heterocycles. The quantitative estimate of drug-likeness (QED) is 0.696.